The lowest BCUT2D eigenvalue weighted by atomic mass is 10.1. The fourth-order valence-corrected chi connectivity index (χ4v) is 6.05. The van der Waals surface area contributed by atoms with Crippen LogP contribution in [0.1, 0.15) is 30.9 Å². The van der Waals surface area contributed by atoms with Crippen LogP contribution in [0.15, 0.2) is 35.0 Å². The molecule has 2 aliphatic rings. The fraction of sp³-hybridized carbons (Fsp3) is 0.483. The largest absolute Gasteiger partial charge is 0.496 e. The highest BCUT2D eigenvalue weighted by Gasteiger charge is 2.28. The van der Waals surface area contributed by atoms with E-state index in [1.165, 1.54) is 0 Å². The molecule has 1 atom stereocenters. The van der Waals surface area contributed by atoms with Crippen LogP contribution in [0.4, 0.5) is 5.82 Å². The molecule has 4 heterocycles. The first-order valence-electron chi connectivity index (χ1n) is 13.4. The van der Waals surface area contributed by atoms with Crippen molar-refractivity contribution in [2.75, 3.05) is 58.5 Å². The molecule has 208 valence electrons. The highest BCUT2D eigenvalue weighted by molar-refractivity contribution is 7.08. The second kappa shape index (κ2) is 12.2. The average molecular weight is 553 g/mol. The van der Waals surface area contributed by atoms with Crippen LogP contribution in [0.2, 0.25) is 0 Å². The van der Waals surface area contributed by atoms with Crippen LogP contribution < -0.4 is 14.4 Å². The standard InChI is InChI=1S/C29H36N4O5S/c1-20(34)31-9-11-32(12-10-31)29-22(16-24-25(36-2)6-7-26(37-3)28(24)30-29)17-33(18-23-5-4-13-38-23)27(35)15-21-8-14-39-19-21/h6-8,14,16,19,23H,4-5,9-13,15,17-18H2,1-3H3. The van der Waals surface area contributed by atoms with E-state index in [4.69, 9.17) is 19.2 Å². The van der Waals surface area contributed by atoms with Gasteiger partial charge in [0.05, 0.1) is 26.7 Å². The van der Waals surface area contributed by atoms with E-state index < -0.39 is 0 Å². The van der Waals surface area contributed by atoms with E-state index in [1.54, 1.807) is 32.5 Å². The van der Waals surface area contributed by atoms with E-state index in [9.17, 15) is 9.59 Å². The number of piperazine rings is 1. The number of rotatable bonds is 9. The van der Waals surface area contributed by atoms with Crippen LogP contribution in [0.3, 0.4) is 0 Å². The molecule has 39 heavy (non-hydrogen) atoms. The summed E-state index contributed by atoms with van der Waals surface area (Å²) in [7, 11) is 3.28. The summed E-state index contributed by atoms with van der Waals surface area (Å²) in [5, 5.41) is 4.86. The number of anilines is 1. The number of benzene rings is 1. The van der Waals surface area contributed by atoms with Gasteiger partial charge in [-0.1, -0.05) is 0 Å². The summed E-state index contributed by atoms with van der Waals surface area (Å²) in [6, 6.07) is 7.82. The Balaban J connectivity index is 1.54. The number of nitrogens with zero attached hydrogens (tertiary/aromatic N) is 4. The lowest BCUT2D eigenvalue weighted by Gasteiger charge is -2.36. The zero-order chi connectivity index (χ0) is 27.4. The fourth-order valence-electron chi connectivity index (χ4n) is 5.38. The summed E-state index contributed by atoms with van der Waals surface area (Å²) in [6.07, 6.45) is 2.34. The van der Waals surface area contributed by atoms with Gasteiger partial charge in [0.15, 0.2) is 0 Å². The molecule has 0 spiro atoms. The summed E-state index contributed by atoms with van der Waals surface area (Å²) in [5.74, 6) is 2.30. The van der Waals surface area contributed by atoms with Crippen molar-refractivity contribution in [2.24, 2.45) is 0 Å². The van der Waals surface area contributed by atoms with Crippen LogP contribution in [-0.2, 0) is 27.3 Å². The molecule has 1 aromatic carbocycles. The summed E-state index contributed by atoms with van der Waals surface area (Å²) in [4.78, 5) is 36.7. The number of methoxy groups -OCH3 is 2. The molecule has 3 aromatic rings. The number of thiophene rings is 1. The lowest BCUT2D eigenvalue weighted by molar-refractivity contribution is -0.132. The normalized spacial score (nSPS) is 17.5. The highest BCUT2D eigenvalue weighted by Crippen LogP contribution is 2.36. The third-order valence-electron chi connectivity index (χ3n) is 7.53. The van der Waals surface area contributed by atoms with Crippen molar-refractivity contribution >= 4 is 39.9 Å². The molecule has 9 nitrogen and oxygen atoms in total. The first-order valence-corrected chi connectivity index (χ1v) is 14.4. The number of carbonyl (C=O) groups excluding carboxylic acids is 2. The van der Waals surface area contributed by atoms with E-state index in [1.807, 2.05) is 38.8 Å². The molecule has 5 rings (SSSR count). The number of hydrogen-bond acceptors (Lipinski definition) is 8. The number of pyridine rings is 1. The Morgan fingerprint density at radius 3 is 2.54 bits per heavy atom. The molecular formula is C29H36N4O5S. The zero-order valence-electron chi connectivity index (χ0n) is 22.9. The maximum Gasteiger partial charge on any atom is 0.227 e. The van der Waals surface area contributed by atoms with Crippen molar-refractivity contribution in [2.45, 2.75) is 38.8 Å². The van der Waals surface area contributed by atoms with E-state index >= 15 is 0 Å². The van der Waals surface area contributed by atoms with Crippen molar-refractivity contribution in [3.8, 4) is 11.5 Å². The number of hydrogen-bond donors (Lipinski definition) is 0. The molecule has 1 unspecified atom stereocenters. The van der Waals surface area contributed by atoms with Crippen LogP contribution >= 0.6 is 11.3 Å². The summed E-state index contributed by atoms with van der Waals surface area (Å²) in [5.41, 5.74) is 2.66. The number of aromatic nitrogens is 1. The van der Waals surface area contributed by atoms with Crippen LogP contribution in [0, 0.1) is 0 Å². The van der Waals surface area contributed by atoms with Gasteiger partial charge in [-0.25, -0.2) is 4.98 Å². The van der Waals surface area contributed by atoms with E-state index in [0.29, 0.717) is 62.7 Å². The predicted octanol–water partition coefficient (Wildman–Crippen LogP) is 3.73. The van der Waals surface area contributed by atoms with Crippen molar-refractivity contribution in [1.29, 1.82) is 0 Å². The minimum Gasteiger partial charge on any atom is -0.496 e. The van der Waals surface area contributed by atoms with E-state index in [-0.39, 0.29) is 17.9 Å². The molecule has 2 fully saturated rings. The van der Waals surface area contributed by atoms with Crippen molar-refractivity contribution < 1.29 is 23.8 Å². The lowest BCUT2D eigenvalue weighted by Crippen LogP contribution is -2.48. The van der Waals surface area contributed by atoms with Gasteiger partial charge in [0.2, 0.25) is 11.8 Å². The Bertz CT molecular complexity index is 1300. The molecule has 0 bridgehead atoms. The average Bonchev–Trinajstić information content (AvgIpc) is 3.66. The molecular weight excluding hydrogens is 516 g/mol. The Morgan fingerprint density at radius 2 is 1.90 bits per heavy atom. The third-order valence-corrected chi connectivity index (χ3v) is 8.26. The molecule has 2 amide bonds. The predicted molar refractivity (Wildman–Crippen MR) is 152 cm³/mol. The van der Waals surface area contributed by atoms with Gasteiger partial charge in [0.25, 0.3) is 0 Å². The Hall–Kier alpha value is -3.37. The van der Waals surface area contributed by atoms with Gasteiger partial charge < -0.3 is 28.9 Å². The van der Waals surface area contributed by atoms with Crippen LogP contribution in [-0.4, -0.2) is 86.3 Å². The molecule has 0 aliphatic carbocycles. The van der Waals surface area contributed by atoms with Crippen LogP contribution in [0.5, 0.6) is 11.5 Å². The molecule has 0 saturated carbocycles. The number of carbonyl (C=O) groups is 2. The molecule has 10 heteroatoms. The number of ether oxygens (including phenoxy) is 3. The zero-order valence-corrected chi connectivity index (χ0v) is 23.7. The first-order chi connectivity index (χ1) is 19.0. The molecule has 2 aromatic heterocycles. The highest BCUT2D eigenvalue weighted by atomic mass is 32.1. The Kier molecular flexibility index (Phi) is 8.52. The minimum absolute atomic E-state index is 0.0297. The Morgan fingerprint density at radius 1 is 1.13 bits per heavy atom. The smallest absolute Gasteiger partial charge is 0.227 e. The second-order valence-corrected chi connectivity index (χ2v) is 10.8. The van der Waals surface area contributed by atoms with Crippen molar-refractivity contribution in [1.82, 2.24) is 14.8 Å². The van der Waals surface area contributed by atoms with Crippen LogP contribution in [0.25, 0.3) is 10.9 Å². The van der Waals surface area contributed by atoms with Gasteiger partial charge in [-0.2, -0.15) is 11.3 Å². The minimum atomic E-state index is 0.0297. The monoisotopic (exact) mass is 552 g/mol. The van der Waals surface area contributed by atoms with E-state index in [0.717, 1.165) is 41.8 Å². The van der Waals surface area contributed by atoms with Crippen molar-refractivity contribution in [3.63, 3.8) is 0 Å². The summed E-state index contributed by atoms with van der Waals surface area (Å²) >= 11 is 1.60. The maximum absolute atomic E-state index is 13.6. The van der Waals surface area contributed by atoms with Gasteiger partial charge in [-0.05, 0) is 53.4 Å². The summed E-state index contributed by atoms with van der Waals surface area (Å²) in [6.45, 7) is 5.84. The topological polar surface area (TPSA) is 84.4 Å². The molecule has 2 aliphatic heterocycles. The molecule has 0 radical (unpaired) electrons. The van der Waals surface area contributed by atoms with Gasteiger partial charge in [0.1, 0.15) is 22.8 Å². The van der Waals surface area contributed by atoms with Gasteiger partial charge in [-0.3, -0.25) is 9.59 Å². The van der Waals surface area contributed by atoms with Gasteiger partial charge in [-0.15, -0.1) is 0 Å². The van der Waals surface area contributed by atoms with Gasteiger partial charge in [0, 0.05) is 63.7 Å². The van der Waals surface area contributed by atoms with Gasteiger partial charge >= 0.3 is 0 Å². The summed E-state index contributed by atoms with van der Waals surface area (Å²) < 4.78 is 17.3. The molecule has 2 saturated heterocycles. The van der Waals surface area contributed by atoms with Crippen molar-refractivity contribution in [3.05, 3.63) is 46.2 Å². The van der Waals surface area contributed by atoms with E-state index in [2.05, 4.69) is 11.0 Å². The molecule has 0 N–H and O–H groups in total. The number of amides is 2. The quantitative estimate of drug-likeness (QED) is 0.400. The second-order valence-electron chi connectivity index (χ2n) is 10.0. The Labute approximate surface area is 233 Å². The number of fused-ring (bicyclic) bond motifs is 1. The first kappa shape index (κ1) is 27.2. The maximum atomic E-state index is 13.6. The SMILES string of the molecule is COc1ccc(OC)c2nc(N3CCN(C(C)=O)CC3)c(CN(CC3CCCO3)C(=O)Cc3ccsc3)cc12. The third kappa shape index (κ3) is 6.12.